The summed E-state index contributed by atoms with van der Waals surface area (Å²) in [5.74, 6) is -2.46. The van der Waals surface area contributed by atoms with Crippen molar-refractivity contribution in [3.05, 3.63) is 141 Å². The van der Waals surface area contributed by atoms with Crippen molar-refractivity contribution in [1.82, 2.24) is 0 Å². The van der Waals surface area contributed by atoms with E-state index >= 15 is 0 Å². The first-order valence-corrected chi connectivity index (χ1v) is 17.1. The van der Waals surface area contributed by atoms with E-state index in [4.69, 9.17) is 45.4 Å². The van der Waals surface area contributed by atoms with Crippen LogP contribution in [0.25, 0.3) is 32.3 Å². The standard InChI is InChI=1S/3C11H7ClO2.Ga/c3*12-10-6-2-3-7-8(10)4-1-5-9(7)11(13)14;/h3*1-6H,(H,13,14);/q;;;+3/p-3. The predicted octanol–water partition coefficient (Wildman–Crippen LogP) is 8.96. The Morgan fingerprint density at radius 1 is 0.395 bits per heavy atom. The van der Waals surface area contributed by atoms with Gasteiger partial charge in [0.1, 0.15) is 0 Å². The predicted molar refractivity (Wildman–Crippen MR) is 169 cm³/mol. The Hall–Kier alpha value is -3.98. The molecule has 0 radical (unpaired) electrons. The molecule has 6 aromatic rings. The van der Waals surface area contributed by atoms with Gasteiger partial charge in [0.15, 0.2) is 0 Å². The fourth-order valence-electron chi connectivity index (χ4n) is 4.87. The van der Waals surface area contributed by atoms with E-state index in [9.17, 15) is 14.4 Å². The number of rotatable bonds is 6. The molecule has 10 heteroatoms. The molecule has 210 valence electrons. The van der Waals surface area contributed by atoms with Gasteiger partial charge in [0.25, 0.3) is 0 Å². The van der Waals surface area contributed by atoms with Crippen LogP contribution in [0.2, 0.25) is 15.1 Å². The van der Waals surface area contributed by atoms with Crippen LogP contribution in [0.3, 0.4) is 0 Å². The molecule has 0 aliphatic heterocycles. The number of benzene rings is 6. The average molecular weight is 687 g/mol. The zero-order valence-electron chi connectivity index (χ0n) is 22.1. The SMILES string of the molecule is O=C([O][Ga]([O]C(=O)c1cccc2c(Cl)cccc12)[O]C(=O)c1cccc2c(Cl)cccc12)c1cccc2c(Cl)cccc12. The van der Waals surface area contributed by atoms with Gasteiger partial charge >= 0.3 is 268 Å². The number of fused-ring (bicyclic) bond motifs is 3. The Morgan fingerprint density at radius 2 is 0.651 bits per heavy atom. The van der Waals surface area contributed by atoms with Gasteiger partial charge in [-0.05, 0) is 0 Å². The summed E-state index contributed by atoms with van der Waals surface area (Å²) in [6.07, 6.45) is 0. The zero-order chi connectivity index (χ0) is 30.1. The number of hydrogen-bond acceptors (Lipinski definition) is 6. The van der Waals surface area contributed by atoms with Gasteiger partial charge in [-0.3, -0.25) is 0 Å². The fraction of sp³-hybridized carbons (Fsp3) is 0. The minimum atomic E-state index is -4.47. The van der Waals surface area contributed by atoms with Gasteiger partial charge < -0.3 is 0 Å². The van der Waals surface area contributed by atoms with Crippen LogP contribution in [-0.2, 0) is 10.6 Å². The molecular formula is C33H18Cl3GaO6. The Bertz CT molecular complexity index is 1840. The summed E-state index contributed by atoms with van der Waals surface area (Å²) in [4.78, 5) is 40.5. The van der Waals surface area contributed by atoms with Crippen LogP contribution in [0.5, 0.6) is 0 Å². The number of halogens is 3. The summed E-state index contributed by atoms with van der Waals surface area (Å²) < 4.78 is 17.1. The molecule has 0 saturated carbocycles. The summed E-state index contributed by atoms with van der Waals surface area (Å²) in [5.41, 5.74) is 0.532. The van der Waals surface area contributed by atoms with Crippen LogP contribution >= 0.6 is 34.8 Å². The van der Waals surface area contributed by atoms with E-state index in [1.165, 1.54) is 0 Å². The van der Waals surface area contributed by atoms with E-state index in [1.807, 2.05) is 0 Å². The molecule has 0 aliphatic rings. The van der Waals surface area contributed by atoms with E-state index in [2.05, 4.69) is 0 Å². The van der Waals surface area contributed by atoms with Crippen molar-refractivity contribution in [3.8, 4) is 0 Å². The van der Waals surface area contributed by atoms with Gasteiger partial charge in [-0.1, -0.05) is 0 Å². The topological polar surface area (TPSA) is 78.9 Å². The van der Waals surface area contributed by atoms with Gasteiger partial charge in [0.05, 0.1) is 0 Å². The van der Waals surface area contributed by atoms with Crippen LogP contribution in [-0.4, -0.2) is 35.2 Å². The first-order chi connectivity index (χ1) is 20.8. The van der Waals surface area contributed by atoms with Crippen LogP contribution in [0.4, 0.5) is 0 Å². The minimum absolute atomic E-state index is 0.177. The summed E-state index contributed by atoms with van der Waals surface area (Å²) in [5, 5.41) is 4.86. The molecule has 0 saturated heterocycles. The Morgan fingerprint density at radius 3 is 0.953 bits per heavy atom. The van der Waals surface area contributed by atoms with Crippen molar-refractivity contribution in [1.29, 1.82) is 0 Å². The normalized spacial score (nSPS) is 11.0. The Labute approximate surface area is 266 Å². The second kappa shape index (κ2) is 12.3. The van der Waals surface area contributed by atoms with Crippen LogP contribution in [0, 0.1) is 0 Å². The zero-order valence-corrected chi connectivity index (χ0v) is 26.7. The monoisotopic (exact) mass is 684 g/mol. The summed E-state index contributed by atoms with van der Waals surface area (Å²) in [7, 11) is 0. The third-order valence-electron chi connectivity index (χ3n) is 6.88. The molecule has 0 aromatic heterocycles. The van der Waals surface area contributed by atoms with Gasteiger partial charge in [-0.25, -0.2) is 0 Å². The first kappa shape index (κ1) is 29.1. The van der Waals surface area contributed by atoms with Crippen molar-refractivity contribution in [2.75, 3.05) is 0 Å². The van der Waals surface area contributed by atoms with E-state index in [0.717, 1.165) is 0 Å². The van der Waals surface area contributed by atoms with Gasteiger partial charge in [-0.2, -0.15) is 0 Å². The van der Waals surface area contributed by atoms with Crippen molar-refractivity contribution in [3.63, 3.8) is 0 Å². The van der Waals surface area contributed by atoms with Gasteiger partial charge in [0, 0.05) is 0 Å². The third kappa shape index (κ3) is 5.82. The fourth-order valence-corrected chi connectivity index (χ4v) is 7.79. The van der Waals surface area contributed by atoms with E-state index in [1.54, 1.807) is 109 Å². The quantitative estimate of drug-likeness (QED) is 0.163. The van der Waals surface area contributed by atoms with Crippen molar-refractivity contribution < 1.29 is 25.0 Å². The van der Waals surface area contributed by atoms with Crippen molar-refractivity contribution in [2.24, 2.45) is 0 Å². The molecule has 0 unspecified atom stereocenters. The number of hydrogen-bond donors (Lipinski definition) is 0. The molecule has 0 N–H and O–H groups in total. The Balaban J connectivity index is 1.36. The maximum absolute atomic E-state index is 13.5. The first-order valence-electron chi connectivity index (χ1n) is 13.0. The molecule has 0 aliphatic carbocycles. The molecule has 0 spiro atoms. The van der Waals surface area contributed by atoms with Crippen molar-refractivity contribution >= 4 is 102 Å². The second-order valence-corrected chi connectivity index (χ2v) is 13.3. The molecule has 0 amide bonds. The molecular weight excluding hydrogens is 668 g/mol. The van der Waals surface area contributed by atoms with Crippen LogP contribution in [0.1, 0.15) is 31.1 Å². The molecule has 0 atom stereocenters. The van der Waals surface area contributed by atoms with Gasteiger partial charge in [0.2, 0.25) is 0 Å². The third-order valence-corrected chi connectivity index (χ3v) is 10.4. The number of carbonyl (C=O) groups excluding carboxylic acids is 3. The summed E-state index contributed by atoms with van der Waals surface area (Å²) in [6.45, 7) is 0. The van der Waals surface area contributed by atoms with Crippen LogP contribution in [0.15, 0.2) is 109 Å². The summed E-state index contributed by atoms with van der Waals surface area (Å²) >= 11 is 14.5. The summed E-state index contributed by atoms with van der Waals surface area (Å²) in [6, 6.07) is 30.3. The molecule has 0 heterocycles. The second-order valence-electron chi connectivity index (χ2n) is 9.43. The molecule has 6 nitrogen and oxygen atoms in total. The molecule has 6 rings (SSSR count). The molecule has 43 heavy (non-hydrogen) atoms. The van der Waals surface area contributed by atoms with E-state index < -0.39 is 35.2 Å². The van der Waals surface area contributed by atoms with Gasteiger partial charge in [-0.15, -0.1) is 0 Å². The molecule has 6 aromatic carbocycles. The molecule has 0 bridgehead atoms. The number of carbonyl (C=O) groups is 3. The maximum atomic E-state index is 13.5. The van der Waals surface area contributed by atoms with Crippen molar-refractivity contribution in [2.45, 2.75) is 0 Å². The Kier molecular flexibility index (Phi) is 8.34. The van der Waals surface area contributed by atoms with Crippen LogP contribution < -0.4 is 0 Å². The molecule has 0 fully saturated rings. The van der Waals surface area contributed by atoms with E-state index in [0.29, 0.717) is 47.4 Å². The van der Waals surface area contributed by atoms with E-state index in [-0.39, 0.29) is 16.7 Å². The average Bonchev–Trinajstić information content (AvgIpc) is 3.01.